The lowest BCUT2D eigenvalue weighted by Gasteiger charge is -2.34. The summed E-state index contributed by atoms with van der Waals surface area (Å²) in [7, 11) is 1.57. The Balaban J connectivity index is 2.84. The molecule has 0 aromatic rings. The summed E-state index contributed by atoms with van der Waals surface area (Å²) in [5.74, 6) is -0.317. The molecule has 3 atom stereocenters. The van der Waals surface area contributed by atoms with Gasteiger partial charge in [-0.25, -0.2) is 8.42 Å². The molecule has 1 N–H and O–H groups in total. The van der Waals surface area contributed by atoms with Gasteiger partial charge in [-0.2, -0.15) is 0 Å². The minimum absolute atomic E-state index is 0.0267. The van der Waals surface area contributed by atoms with Crippen LogP contribution in [0.5, 0.6) is 0 Å². The van der Waals surface area contributed by atoms with Crippen LogP contribution in [0.2, 0.25) is 0 Å². The van der Waals surface area contributed by atoms with Crippen molar-refractivity contribution in [2.24, 2.45) is 5.92 Å². The van der Waals surface area contributed by atoms with E-state index in [0.29, 0.717) is 12.3 Å². The van der Waals surface area contributed by atoms with Crippen LogP contribution in [0.15, 0.2) is 0 Å². The summed E-state index contributed by atoms with van der Waals surface area (Å²) >= 11 is 0. The van der Waals surface area contributed by atoms with E-state index in [-0.39, 0.29) is 17.7 Å². The summed E-state index contributed by atoms with van der Waals surface area (Å²) in [6.45, 7) is 2.07. The van der Waals surface area contributed by atoms with Crippen LogP contribution in [-0.2, 0) is 14.6 Å². The van der Waals surface area contributed by atoms with Crippen molar-refractivity contribution in [3.8, 4) is 0 Å². The van der Waals surface area contributed by atoms with Crippen molar-refractivity contribution in [1.82, 2.24) is 10.2 Å². The number of nitrogens with one attached hydrogen (secondary N) is 1. The summed E-state index contributed by atoms with van der Waals surface area (Å²) in [6, 6.07) is -0.0267. The lowest BCUT2D eigenvalue weighted by molar-refractivity contribution is -0.125. The van der Waals surface area contributed by atoms with Gasteiger partial charge in [-0.05, 0) is 32.2 Å². The average Bonchev–Trinajstić information content (AvgIpc) is 2.28. The van der Waals surface area contributed by atoms with Gasteiger partial charge in [0.25, 0.3) is 0 Å². The van der Waals surface area contributed by atoms with Crippen molar-refractivity contribution in [2.75, 3.05) is 26.9 Å². The van der Waals surface area contributed by atoms with Gasteiger partial charge in [-0.1, -0.05) is 6.92 Å². The van der Waals surface area contributed by atoms with E-state index in [0.717, 1.165) is 12.8 Å². The number of hydrogen-bond acceptors (Lipinski definition) is 4. The Morgan fingerprint density at radius 2 is 1.94 bits per heavy atom. The van der Waals surface area contributed by atoms with E-state index in [2.05, 4.69) is 12.2 Å². The van der Waals surface area contributed by atoms with Crippen LogP contribution in [-0.4, -0.2) is 57.4 Å². The molecular formula is C12H24N2O3S. The summed E-state index contributed by atoms with van der Waals surface area (Å²) < 4.78 is 24.7. The molecule has 18 heavy (non-hydrogen) atoms. The molecule has 0 spiro atoms. The molecule has 5 nitrogen and oxygen atoms in total. The third-order valence-electron chi connectivity index (χ3n) is 3.71. The molecule has 1 fully saturated rings. The van der Waals surface area contributed by atoms with E-state index in [1.807, 2.05) is 0 Å². The standard InChI is InChI=1S/C12H24N2O3S/c1-9-5-6-10(13-2)11(7-9)18(16,17)8-12(15)14(3)4/h9-11,13H,5-8H2,1-4H3. The van der Waals surface area contributed by atoms with Crippen molar-refractivity contribution >= 4 is 15.7 Å². The number of hydrogen-bond donors (Lipinski definition) is 1. The van der Waals surface area contributed by atoms with Gasteiger partial charge in [-0.3, -0.25) is 4.79 Å². The molecule has 0 aromatic heterocycles. The quantitative estimate of drug-likeness (QED) is 0.800. The topological polar surface area (TPSA) is 66.5 Å². The molecule has 1 amide bonds. The van der Waals surface area contributed by atoms with E-state index in [1.165, 1.54) is 4.90 Å². The summed E-state index contributed by atoms with van der Waals surface area (Å²) in [5, 5.41) is 2.64. The third kappa shape index (κ3) is 3.68. The Morgan fingerprint density at radius 3 is 2.44 bits per heavy atom. The van der Waals surface area contributed by atoms with E-state index in [4.69, 9.17) is 0 Å². The van der Waals surface area contributed by atoms with Crippen molar-refractivity contribution < 1.29 is 13.2 Å². The lowest BCUT2D eigenvalue weighted by atomic mass is 9.87. The average molecular weight is 276 g/mol. The molecule has 0 heterocycles. The molecule has 0 radical (unpaired) electrons. The summed E-state index contributed by atoms with van der Waals surface area (Å²) in [4.78, 5) is 12.9. The molecule has 6 heteroatoms. The van der Waals surface area contributed by atoms with Gasteiger partial charge in [0.05, 0.1) is 5.25 Å². The highest BCUT2D eigenvalue weighted by atomic mass is 32.2. The van der Waals surface area contributed by atoms with E-state index >= 15 is 0 Å². The largest absolute Gasteiger partial charge is 0.348 e. The van der Waals surface area contributed by atoms with Crippen molar-refractivity contribution in [3.63, 3.8) is 0 Å². The monoisotopic (exact) mass is 276 g/mol. The van der Waals surface area contributed by atoms with Crippen LogP contribution in [0.3, 0.4) is 0 Å². The van der Waals surface area contributed by atoms with Crippen molar-refractivity contribution in [2.45, 2.75) is 37.5 Å². The van der Waals surface area contributed by atoms with E-state index < -0.39 is 15.1 Å². The van der Waals surface area contributed by atoms with Crippen molar-refractivity contribution in [3.05, 3.63) is 0 Å². The van der Waals surface area contributed by atoms with E-state index in [1.54, 1.807) is 21.1 Å². The first-order chi connectivity index (χ1) is 8.27. The predicted molar refractivity (Wildman–Crippen MR) is 72.1 cm³/mol. The smallest absolute Gasteiger partial charge is 0.237 e. The first kappa shape index (κ1) is 15.4. The normalized spacial score (nSPS) is 29.0. The molecule has 1 rings (SSSR count). The van der Waals surface area contributed by atoms with Crippen molar-refractivity contribution in [1.29, 1.82) is 0 Å². The predicted octanol–water partition coefficient (Wildman–Crippen LogP) is 0.266. The number of amides is 1. The number of carbonyl (C=O) groups is 1. The maximum Gasteiger partial charge on any atom is 0.237 e. The molecule has 0 aromatic carbocycles. The second kappa shape index (κ2) is 6.02. The van der Waals surface area contributed by atoms with E-state index in [9.17, 15) is 13.2 Å². The first-order valence-electron chi connectivity index (χ1n) is 6.37. The van der Waals surface area contributed by atoms with Crippen LogP contribution in [0.25, 0.3) is 0 Å². The number of rotatable bonds is 4. The van der Waals surface area contributed by atoms with Crippen LogP contribution < -0.4 is 5.32 Å². The summed E-state index contributed by atoms with van der Waals surface area (Å²) in [6.07, 6.45) is 2.55. The fourth-order valence-corrected chi connectivity index (χ4v) is 4.67. The molecule has 0 saturated heterocycles. The first-order valence-corrected chi connectivity index (χ1v) is 8.08. The van der Waals surface area contributed by atoms with Gasteiger partial charge in [0, 0.05) is 20.1 Å². The second-order valence-corrected chi connectivity index (χ2v) is 7.67. The van der Waals surface area contributed by atoms with Gasteiger partial charge in [0.1, 0.15) is 5.75 Å². The highest BCUT2D eigenvalue weighted by Crippen LogP contribution is 2.29. The second-order valence-electron chi connectivity index (χ2n) is 5.45. The minimum Gasteiger partial charge on any atom is -0.348 e. The molecule has 0 aliphatic heterocycles. The highest BCUT2D eigenvalue weighted by Gasteiger charge is 2.38. The Labute approximate surface area is 110 Å². The Hall–Kier alpha value is -0.620. The fourth-order valence-electron chi connectivity index (χ4n) is 2.46. The number of sulfone groups is 1. The maximum absolute atomic E-state index is 12.3. The Morgan fingerprint density at radius 1 is 1.33 bits per heavy atom. The van der Waals surface area contributed by atoms with Gasteiger partial charge in [0.2, 0.25) is 5.91 Å². The fraction of sp³-hybridized carbons (Fsp3) is 0.917. The number of carbonyl (C=O) groups excluding carboxylic acids is 1. The van der Waals surface area contributed by atoms with Gasteiger partial charge < -0.3 is 10.2 Å². The zero-order chi connectivity index (χ0) is 13.9. The molecule has 3 unspecified atom stereocenters. The zero-order valence-electron chi connectivity index (χ0n) is 11.6. The molecule has 0 bridgehead atoms. The molecular weight excluding hydrogens is 252 g/mol. The van der Waals surface area contributed by atoms with Gasteiger partial charge >= 0.3 is 0 Å². The van der Waals surface area contributed by atoms with Gasteiger partial charge in [-0.15, -0.1) is 0 Å². The van der Waals surface area contributed by atoms with Crippen LogP contribution in [0.4, 0.5) is 0 Å². The Bertz CT molecular complexity index is 392. The third-order valence-corrected chi connectivity index (χ3v) is 5.80. The maximum atomic E-state index is 12.3. The highest BCUT2D eigenvalue weighted by molar-refractivity contribution is 7.92. The lowest BCUT2D eigenvalue weighted by Crippen LogP contribution is -2.48. The Kier molecular flexibility index (Phi) is 5.16. The molecule has 1 saturated carbocycles. The number of nitrogens with zero attached hydrogens (tertiary/aromatic N) is 1. The van der Waals surface area contributed by atoms with Crippen LogP contribution in [0.1, 0.15) is 26.2 Å². The van der Waals surface area contributed by atoms with Gasteiger partial charge in [0.15, 0.2) is 9.84 Å². The summed E-state index contributed by atoms with van der Waals surface area (Å²) in [5.41, 5.74) is 0. The van der Waals surface area contributed by atoms with Crippen LogP contribution >= 0.6 is 0 Å². The zero-order valence-corrected chi connectivity index (χ0v) is 12.5. The molecule has 1 aliphatic carbocycles. The molecule has 1 aliphatic rings. The van der Waals surface area contributed by atoms with Crippen LogP contribution in [0, 0.1) is 5.92 Å². The minimum atomic E-state index is -3.38. The SMILES string of the molecule is CNC1CCC(C)CC1S(=O)(=O)CC(=O)N(C)C. The molecule has 106 valence electrons.